The summed E-state index contributed by atoms with van der Waals surface area (Å²) in [5.74, 6) is 2.09. The highest BCUT2D eigenvalue weighted by Crippen LogP contribution is 2.43. The molecular formula is C28H24N2O6. The van der Waals surface area contributed by atoms with Gasteiger partial charge in [-0.1, -0.05) is 24.3 Å². The van der Waals surface area contributed by atoms with Gasteiger partial charge in [-0.2, -0.15) is 0 Å². The lowest BCUT2D eigenvalue weighted by Gasteiger charge is -2.12. The predicted molar refractivity (Wildman–Crippen MR) is 138 cm³/mol. The molecule has 0 aliphatic carbocycles. The third-order valence-corrected chi connectivity index (χ3v) is 6.47. The van der Waals surface area contributed by atoms with Crippen LogP contribution in [-0.4, -0.2) is 51.0 Å². The summed E-state index contributed by atoms with van der Waals surface area (Å²) in [7, 11) is 6.21. The highest BCUT2D eigenvalue weighted by Gasteiger charge is 2.21. The Kier molecular flexibility index (Phi) is 5.85. The van der Waals surface area contributed by atoms with E-state index in [1.54, 1.807) is 26.4 Å². The van der Waals surface area contributed by atoms with E-state index in [2.05, 4.69) is 9.97 Å². The van der Waals surface area contributed by atoms with Crippen LogP contribution in [0.25, 0.3) is 44.1 Å². The number of aromatic amines is 2. The number of methoxy groups -OCH3 is 4. The van der Waals surface area contributed by atoms with E-state index < -0.39 is 0 Å². The van der Waals surface area contributed by atoms with Crippen LogP contribution in [0, 0.1) is 0 Å². The van der Waals surface area contributed by atoms with Crippen molar-refractivity contribution in [1.82, 2.24) is 9.97 Å². The van der Waals surface area contributed by atoms with Crippen molar-refractivity contribution >= 4 is 34.4 Å². The second-order valence-corrected chi connectivity index (χ2v) is 8.11. The Morgan fingerprint density at radius 1 is 0.583 bits per heavy atom. The molecule has 5 rings (SSSR count). The van der Waals surface area contributed by atoms with Gasteiger partial charge in [0.05, 0.1) is 61.4 Å². The molecule has 0 aliphatic rings. The third kappa shape index (κ3) is 3.38. The van der Waals surface area contributed by atoms with Crippen LogP contribution >= 0.6 is 0 Å². The molecule has 3 aromatic carbocycles. The smallest absolute Gasteiger partial charge is 0.155 e. The van der Waals surface area contributed by atoms with E-state index in [4.69, 9.17) is 18.9 Å². The second-order valence-electron chi connectivity index (χ2n) is 8.11. The van der Waals surface area contributed by atoms with Crippen LogP contribution < -0.4 is 18.9 Å². The minimum atomic E-state index is 0.434. The van der Waals surface area contributed by atoms with Crippen LogP contribution in [0.15, 0.2) is 48.8 Å². The van der Waals surface area contributed by atoms with Crippen molar-refractivity contribution in [2.24, 2.45) is 0 Å². The Morgan fingerprint density at radius 2 is 0.944 bits per heavy atom. The Hall–Kier alpha value is -4.72. The first-order chi connectivity index (χ1) is 17.6. The number of hydrogen-bond donors (Lipinski definition) is 2. The largest absolute Gasteiger partial charge is 0.496 e. The van der Waals surface area contributed by atoms with Crippen LogP contribution in [0.4, 0.5) is 0 Å². The maximum atomic E-state index is 11.8. The van der Waals surface area contributed by atoms with E-state index in [9.17, 15) is 9.59 Å². The molecule has 0 aliphatic heterocycles. The molecule has 0 amide bonds. The maximum absolute atomic E-state index is 11.8. The number of nitrogens with one attached hydrogen (secondary N) is 2. The summed E-state index contributed by atoms with van der Waals surface area (Å²) in [4.78, 5) is 30.0. The lowest BCUT2D eigenvalue weighted by molar-refractivity contribution is 0.111. The van der Waals surface area contributed by atoms with E-state index >= 15 is 0 Å². The normalized spacial score (nSPS) is 11.0. The minimum Gasteiger partial charge on any atom is -0.496 e. The lowest BCUT2D eigenvalue weighted by Crippen LogP contribution is -1.95. The summed E-state index contributed by atoms with van der Waals surface area (Å²) in [5, 5.41) is 1.59. The number of ether oxygens (including phenoxy) is 4. The van der Waals surface area contributed by atoms with Crippen LogP contribution in [0.3, 0.4) is 0 Å². The summed E-state index contributed by atoms with van der Waals surface area (Å²) in [6.07, 6.45) is 5.26. The quantitative estimate of drug-likeness (QED) is 0.276. The molecule has 0 saturated carbocycles. The van der Waals surface area contributed by atoms with Gasteiger partial charge in [-0.15, -0.1) is 0 Å². The number of rotatable bonds is 8. The van der Waals surface area contributed by atoms with Crippen LogP contribution in [-0.2, 0) is 0 Å². The van der Waals surface area contributed by atoms with Crippen molar-refractivity contribution in [1.29, 1.82) is 0 Å². The van der Waals surface area contributed by atoms with Gasteiger partial charge < -0.3 is 28.9 Å². The average molecular weight is 485 g/mol. The number of H-pyrrole nitrogens is 2. The van der Waals surface area contributed by atoms with Gasteiger partial charge in [-0.25, -0.2) is 0 Å². The fourth-order valence-electron chi connectivity index (χ4n) is 4.75. The Balaban J connectivity index is 1.64. The van der Waals surface area contributed by atoms with Crippen LogP contribution in [0.5, 0.6) is 23.0 Å². The van der Waals surface area contributed by atoms with Crippen molar-refractivity contribution in [2.75, 3.05) is 28.4 Å². The number of aldehydes is 2. The molecule has 2 N–H and O–H groups in total. The molecule has 2 aromatic heterocycles. The second kappa shape index (κ2) is 9.14. The number of hydrogen-bond acceptors (Lipinski definition) is 6. The standard InChI is InChI=1S/C28H24N2O6/c1-33-21-9-23(35-3)25-17(11-29-27(25)19(21)13-31)15-5-7-16(8-6-15)18-12-30-28-20(14-32)22(34-2)10-24(36-4)26(18)28/h5-14,29-30H,1-4H3. The zero-order valence-electron chi connectivity index (χ0n) is 20.2. The molecule has 0 atom stereocenters. The van der Waals surface area contributed by atoms with E-state index in [0.717, 1.165) is 45.6 Å². The first kappa shape index (κ1) is 23.0. The summed E-state index contributed by atoms with van der Waals surface area (Å²) >= 11 is 0. The summed E-state index contributed by atoms with van der Waals surface area (Å²) in [6, 6.07) is 11.4. The topological polar surface area (TPSA) is 103 Å². The zero-order chi connectivity index (χ0) is 25.4. The van der Waals surface area contributed by atoms with E-state index in [1.807, 2.05) is 36.7 Å². The van der Waals surface area contributed by atoms with Crippen molar-refractivity contribution in [2.45, 2.75) is 0 Å². The van der Waals surface area contributed by atoms with Gasteiger partial charge in [0.2, 0.25) is 0 Å². The lowest BCUT2D eigenvalue weighted by atomic mass is 9.97. The number of carbonyl (C=O) groups is 2. The number of fused-ring (bicyclic) bond motifs is 2. The number of benzene rings is 3. The molecule has 182 valence electrons. The van der Waals surface area contributed by atoms with Gasteiger partial charge in [-0.3, -0.25) is 9.59 Å². The van der Waals surface area contributed by atoms with Crippen LogP contribution in [0.1, 0.15) is 20.7 Å². The molecule has 5 aromatic rings. The van der Waals surface area contributed by atoms with E-state index in [0.29, 0.717) is 45.2 Å². The minimum absolute atomic E-state index is 0.434. The third-order valence-electron chi connectivity index (χ3n) is 6.47. The SMILES string of the molecule is COc1cc(OC)c2c(-c3ccc(-c4c[nH]c5c(C=O)c(OC)cc(OC)c45)cc3)c[nH]c2c1C=O. The molecular weight excluding hydrogens is 460 g/mol. The first-order valence-electron chi connectivity index (χ1n) is 11.1. The Morgan fingerprint density at radius 3 is 1.25 bits per heavy atom. The average Bonchev–Trinajstić information content (AvgIpc) is 3.57. The highest BCUT2D eigenvalue weighted by molar-refractivity contribution is 6.10. The molecule has 0 fully saturated rings. The van der Waals surface area contributed by atoms with Crippen LogP contribution in [0.2, 0.25) is 0 Å². The maximum Gasteiger partial charge on any atom is 0.155 e. The number of aromatic nitrogens is 2. The van der Waals surface area contributed by atoms with Gasteiger partial charge in [0, 0.05) is 35.7 Å². The van der Waals surface area contributed by atoms with Crippen molar-refractivity contribution in [3.63, 3.8) is 0 Å². The van der Waals surface area contributed by atoms with Gasteiger partial charge in [0.25, 0.3) is 0 Å². The molecule has 36 heavy (non-hydrogen) atoms. The van der Waals surface area contributed by atoms with Crippen molar-refractivity contribution in [3.05, 3.63) is 59.9 Å². The van der Waals surface area contributed by atoms with Gasteiger partial charge >= 0.3 is 0 Å². The zero-order valence-corrected chi connectivity index (χ0v) is 20.2. The van der Waals surface area contributed by atoms with Gasteiger partial charge in [-0.05, 0) is 11.1 Å². The Bertz CT molecular complexity index is 1490. The molecule has 8 heteroatoms. The number of carbonyl (C=O) groups excluding carboxylic acids is 2. The summed E-state index contributed by atoms with van der Waals surface area (Å²) in [5.41, 5.74) is 5.83. The highest BCUT2D eigenvalue weighted by atomic mass is 16.5. The molecule has 0 bridgehead atoms. The molecule has 8 nitrogen and oxygen atoms in total. The van der Waals surface area contributed by atoms with E-state index in [1.165, 1.54) is 14.2 Å². The summed E-state index contributed by atoms with van der Waals surface area (Å²) in [6.45, 7) is 0. The molecule has 0 unspecified atom stereocenters. The fraction of sp³-hybridized carbons (Fsp3) is 0.143. The fourth-order valence-corrected chi connectivity index (χ4v) is 4.75. The van der Waals surface area contributed by atoms with Crippen molar-refractivity contribution in [3.8, 4) is 45.3 Å². The molecule has 0 saturated heterocycles. The first-order valence-corrected chi connectivity index (χ1v) is 11.1. The Labute approximate surface area is 206 Å². The summed E-state index contributed by atoms with van der Waals surface area (Å²) < 4.78 is 22.0. The predicted octanol–water partition coefficient (Wildman–Crippen LogP) is 5.64. The molecule has 0 spiro atoms. The molecule has 0 radical (unpaired) electrons. The monoisotopic (exact) mass is 484 g/mol. The van der Waals surface area contributed by atoms with Crippen molar-refractivity contribution < 1.29 is 28.5 Å². The van der Waals surface area contributed by atoms with Gasteiger partial charge in [0.1, 0.15) is 23.0 Å². The van der Waals surface area contributed by atoms with Gasteiger partial charge in [0.15, 0.2) is 12.6 Å². The van der Waals surface area contributed by atoms with E-state index in [-0.39, 0.29) is 0 Å². The molecule has 2 heterocycles.